The zero-order chi connectivity index (χ0) is 18.5. The van der Waals surface area contributed by atoms with Crippen molar-refractivity contribution >= 4 is 52.3 Å². The molecule has 8 heteroatoms. The fourth-order valence-electron chi connectivity index (χ4n) is 3.01. The summed E-state index contributed by atoms with van der Waals surface area (Å²) in [6, 6.07) is 9.86. The van der Waals surface area contributed by atoms with Crippen molar-refractivity contribution in [2.75, 3.05) is 16.8 Å². The Kier molecular flexibility index (Phi) is 6.51. The molecule has 1 aliphatic heterocycles. The van der Waals surface area contributed by atoms with Crippen molar-refractivity contribution in [2.45, 2.75) is 38.8 Å². The molecule has 3 rings (SSSR count). The molecule has 1 aromatic carbocycles. The number of hydrogen-bond donors (Lipinski definition) is 2. The Labute approximate surface area is 169 Å². The fourth-order valence-corrected chi connectivity index (χ4v) is 3.55. The van der Waals surface area contributed by atoms with Gasteiger partial charge in [-0.2, -0.15) is 4.98 Å². The maximum Gasteiger partial charge on any atom is 0.232 e. The van der Waals surface area contributed by atoms with Crippen molar-refractivity contribution < 1.29 is 0 Å². The van der Waals surface area contributed by atoms with E-state index in [9.17, 15) is 0 Å². The van der Waals surface area contributed by atoms with Crippen LogP contribution in [0.25, 0.3) is 0 Å². The summed E-state index contributed by atoms with van der Waals surface area (Å²) in [4.78, 5) is 11.1. The molecule has 26 heavy (non-hydrogen) atoms. The van der Waals surface area contributed by atoms with Gasteiger partial charge in [0.25, 0.3) is 0 Å². The van der Waals surface area contributed by atoms with Gasteiger partial charge in [0.15, 0.2) is 5.11 Å². The van der Waals surface area contributed by atoms with Crippen molar-refractivity contribution in [2.24, 2.45) is 0 Å². The Hall–Kier alpha value is -1.63. The molecule has 2 N–H and O–H groups in total. The molecule has 0 amide bonds. The second kappa shape index (κ2) is 8.84. The minimum atomic E-state index is 0.391. The van der Waals surface area contributed by atoms with E-state index in [0.29, 0.717) is 33.8 Å². The normalized spacial score (nSPS) is 17.0. The third kappa shape index (κ3) is 4.96. The van der Waals surface area contributed by atoms with Crippen molar-refractivity contribution in [3.05, 3.63) is 46.1 Å². The minimum absolute atomic E-state index is 0.391. The monoisotopic (exact) mass is 409 g/mol. The molecule has 0 aliphatic carbocycles. The minimum Gasteiger partial charge on any atom is -0.358 e. The zero-order valence-corrected chi connectivity index (χ0v) is 16.8. The summed E-state index contributed by atoms with van der Waals surface area (Å²) in [7, 11) is 0. The first-order chi connectivity index (χ1) is 12.5. The van der Waals surface area contributed by atoms with Gasteiger partial charge in [-0.1, -0.05) is 41.4 Å². The lowest BCUT2D eigenvalue weighted by Gasteiger charge is -2.34. The summed E-state index contributed by atoms with van der Waals surface area (Å²) in [5, 5.41) is 7.64. The SMILES string of the molecule is CC1CCCCN1c1cc(Cl)nc(NC(=S)NCc2ccccc2Cl)n1. The smallest absolute Gasteiger partial charge is 0.232 e. The maximum absolute atomic E-state index is 6.20. The summed E-state index contributed by atoms with van der Waals surface area (Å²) >= 11 is 17.7. The van der Waals surface area contributed by atoms with Gasteiger partial charge in [-0.15, -0.1) is 0 Å². The van der Waals surface area contributed by atoms with Crippen molar-refractivity contribution in [3.63, 3.8) is 0 Å². The van der Waals surface area contributed by atoms with Gasteiger partial charge >= 0.3 is 0 Å². The molecule has 1 saturated heterocycles. The topological polar surface area (TPSA) is 53.1 Å². The van der Waals surface area contributed by atoms with Crippen LogP contribution in [0, 0.1) is 0 Å². The number of piperidine rings is 1. The van der Waals surface area contributed by atoms with Crippen LogP contribution in [0.3, 0.4) is 0 Å². The molecule has 0 radical (unpaired) electrons. The van der Waals surface area contributed by atoms with Crippen LogP contribution in [0.4, 0.5) is 11.8 Å². The van der Waals surface area contributed by atoms with E-state index >= 15 is 0 Å². The number of halogens is 2. The van der Waals surface area contributed by atoms with Crippen LogP contribution >= 0.6 is 35.4 Å². The molecule has 2 heterocycles. The Morgan fingerprint density at radius 1 is 1.27 bits per heavy atom. The van der Waals surface area contributed by atoms with E-state index in [-0.39, 0.29) is 0 Å². The Morgan fingerprint density at radius 3 is 2.85 bits per heavy atom. The van der Waals surface area contributed by atoms with E-state index in [0.717, 1.165) is 30.8 Å². The molecular weight excluding hydrogens is 389 g/mol. The Bertz CT molecular complexity index is 786. The predicted octanol–water partition coefficient (Wildman–Crippen LogP) is 4.65. The first kappa shape index (κ1) is 19.1. The zero-order valence-electron chi connectivity index (χ0n) is 14.5. The molecule has 0 bridgehead atoms. The predicted molar refractivity (Wildman–Crippen MR) is 112 cm³/mol. The van der Waals surface area contributed by atoms with Gasteiger partial charge < -0.3 is 15.5 Å². The molecule has 2 aromatic rings. The summed E-state index contributed by atoms with van der Waals surface area (Å²) in [6.07, 6.45) is 3.56. The van der Waals surface area contributed by atoms with Gasteiger partial charge in [-0.05, 0) is 50.0 Å². The number of thiocarbonyl (C=S) groups is 1. The standard InChI is InChI=1S/C18H21Cl2N5S/c1-12-6-4-5-9-25(12)16-10-15(20)22-17(23-16)24-18(26)21-11-13-7-2-3-8-14(13)19/h2-3,7-8,10,12H,4-6,9,11H2,1H3,(H2,21,22,23,24,26). The van der Waals surface area contributed by atoms with Crippen LogP contribution < -0.4 is 15.5 Å². The Morgan fingerprint density at radius 2 is 2.08 bits per heavy atom. The van der Waals surface area contributed by atoms with E-state index in [4.69, 9.17) is 35.4 Å². The molecular formula is C18H21Cl2N5S. The molecule has 1 unspecified atom stereocenters. The van der Waals surface area contributed by atoms with Gasteiger partial charge in [0.05, 0.1) is 0 Å². The van der Waals surface area contributed by atoms with Gasteiger partial charge in [0.2, 0.25) is 5.95 Å². The number of anilines is 2. The highest BCUT2D eigenvalue weighted by molar-refractivity contribution is 7.80. The molecule has 0 saturated carbocycles. The molecule has 1 fully saturated rings. The first-order valence-corrected chi connectivity index (χ1v) is 9.79. The number of hydrogen-bond acceptors (Lipinski definition) is 4. The van der Waals surface area contributed by atoms with E-state index in [1.165, 1.54) is 6.42 Å². The molecule has 1 atom stereocenters. The van der Waals surface area contributed by atoms with Gasteiger partial charge in [0.1, 0.15) is 11.0 Å². The highest BCUT2D eigenvalue weighted by Gasteiger charge is 2.21. The van der Waals surface area contributed by atoms with Crippen LogP contribution in [-0.4, -0.2) is 27.7 Å². The third-order valence-electron chi connectivity index (χ3n) is 4.40. The quantitative estimate of drug-likeness (QED) is 0.566. The summed E-state index contributed by atoms with van der Waals surface area (Å²) in [6.45, 7) is 3.70. The molecule has 0 spiro atoms. The van der Waals surface area contributed by atoms with Gasteiger partial charge in [-0.25, -0.2) is 4.98 Å². The molecule has 1 aliphatic rings. The van der Waals surface area contributed by atoms with Gasteiger partial charge in [-0.3, -0.25) is 0 Å². The number of aromatic nitrogens is 2. The summed E-state index contributed by atoms with van der Waals surface area (Å²) in [5.41, 5.74) is 0.966. The van der Waals surface area contributed by atoms with Crippen molar-refractivity contribution in [1.29, 1.82) is 0 Å². The lowest BCUT2D eigenvalue weighted by atomic mass is 10.0. The molecule has 138 valence electrons. The second-order valence-corrected chi connectivity index (χ2v) is 7.51. The number of nitrogens with zero attached hydrogens (tertiary/aromatic N) is 3. The van der Waals surface area contributed by atoms with Crippen LogP contribution in [0.5, 0.6) is 0 Å². The average molecular weight is 410 g/mol. The van der Waals surface area contributed by atoms with E-state index in [1.54, 1.807) is 6.07 Å². The highest BCUT2D eigenvalue weighted by Crippen LogP contribution is 2.25. The molecule has 1 aromatic heterocycles. The lowest BCUT2D eigenvalue weighted by molar-refractivity contribution is 0.481. The van der Waals surface area contributed by atoms with Crippen molar-refractivity contribution in [1.82, 2.24) is 15.3 Å². The van der Waals surface area contributed by atoms with E-state index in [2.05, 4.69) is 32.4 Å². The van der Waals surface area contributed by atoms with Crippen molar-refractivity contribution in [3.8, 4) is 0 Å². The van der Waals surface area contributed by atoms with E-state index in [1.807, 2.05) is 24.3 Å². The maximum atomic E-state index is 6.20. The first-order valence-electron chi connectivity index (χ1n) is 8.62. The van der Waals surface area contributed by atoms with Crippen LogP contribution in [0.1, 0.15) is 31.7 Å². The van der Waals surface area contributed by atoms with Crippen LogP contribution in [0.2, 0.25) is 10.2 Å². The third-order valence-corrected chi connectivity index (χ3v) is 5.21. The Balaban J connectivity index is 1.65. The van der Waals surface area contributed by atoms with Gasteiger partial charge in [0, 0.05) is 30.2 Å². The summed E-state index contributed by atoms with van der Waals surface area (Å²) in [5.74, 6) is 1.22. The number of rotatable bonds is 4. The van der Waals surface area contributed by atoms with Crippen LogP contribution in [-0.2, 0) is 6.54 Å². The highest BCUT2D eigenvalue weighted by atomic mass is 35.5. The number of benzene rings is 1. The van der Waals surface area contributed by atoms with Crippen LogP contribution in [0.15, 0.2) is 30.3 Å². The fraction of sp³-hybridized carbons (Fsp3) is 0.389. The average Bonchev–Trinajstić information content (AvgIpc) is 2.61. The van der Waals surface area contributed by atoms with E-state index < -0.39 is 0 Å². The lowest BCUT2D eigenvalue weighted by Crippen LogP contribution is -2.38. The second-order valence-electron chi connectivity index (χ2n) is 6.31. The summed E-state index contributed by atoms with van der Waals surface area (Å²) < 4.78 is 0. The largest absolute Gasteiger partial charge is 0.358 e. The molecule has 5 nitrogen and oxygen atoms in total. The number of nitrogens with one attached hydrogen (secondary N) is 2.